The van der Waals surface area contributed by atoms with Gasteiger partial charge in [0.05, 0.1) is 36.5 Å². The standard InChI is InChI=1S/C20H18Cl2N2O4/c1-27-10-9-24-19(25)17(13-8-7-12(21)11-14(13)22)18(20(24)26)23-15-5-3-4-6-16(15)28-2/h3-8,11,23H,9-10H2,1-2H3. The van der Waals surface area contributed by atoms with Crippen LogP contribution < -0.4 is 10.1 Å². The van der Waals surface area contributed by atoms with Crippen LogP contribution in [-0.4, -0.2) is 44.1 Å². The molecule has 2 amide bonds. The highest BCUT2D eigenvalue weighted by Crippen LogP contribution is 2.36. The third kappa shape index (κ3) is 3.85. The average molecular weight is 421 g/mol. The van der Waals surface area contributed by atoms with Gasteiger partial charge in [-0.2, -0.15) is 0 Å². The summed E-state index contributed by atoms with van der Waals surface area (Å²) in [5, 5.41) is 3.75. The van der Waals surface area contributed by atoms with Crippen molar-refractivity contribution in [3.05, 3.63) is 63.8 Å². The average Bonchev–Trinajstić information content (AvgIpc) is 2.91. The molecule has 8 heteroatoms. The van der Waals surface area contributed by atoms with E-state index in [-0.39, 0.29) is 29.4 Å². The van der Waals surface area contributed by atoms with Crippen LogP contribution in [0.25, 0.3) is 5.57 Å². The van der Waals surface area contributed by atoms with E-state index in [1.54, 1.807) is 30.3 Å². The number of carbonyl (C=O) groups is 2. The van der Waals surface area contributed by atoms with Gasteiger partial charge in [0.25, 0.3) is 11.8 Å². The number of ether oxygens (including phenoxy) is 2. The number of nitrogens with zero attached hydrogens (tertiary/aromatic N) is 1. The molecule has 0 radical (unpaired) electrons. The van der Waals surface area contributed by atoms with Crippen LogP contribution in [0.5, 0.6) is 5.75 Å². The van der Waals surface area contributed by atoms with Gasteiger partial charge in [0, 0.05) is 17.7 Å². The monoisotopic (exact) mass is 420 g/mol. The number of methoxy groups -OCH3 is 2. The van der Waals surface area contributed by atoms with Crippen LogP contribution >= 0.6 is 23.2 Å². The number of nitrogens with one attached hydrogen (secondary N) is 1. The van der Waals surface area contributed by atoms with Gasteiger partial charge in [0.2, 0.25) is 0 Å². The predicted octanol–water partition coefficient (Wildman–Crippen LogP) is 3.84. The fraction of sp³-hybridized carbons (Fsp3) is 0.200. The normalized spacial score (nSPS) is 14.1. The van der Waals surface area contributed by atoms with Crippen LogP contribution in [0.3, 0.4) is 0 Å². The Morgan fingerprint density at radius 2 is 1.79 bits per heavy atom. The molecule has 1 N–H and O–H groups in total. The Kier molecular flexibility index (Phi) is 6.24. The van der Waals surface area contributed by atoms with Gasteiger partial charge in [-0.1, -0.05) is 41.4 Å². The van der Waals surface area contributed by atoms with Gasteiger partial charge in [-0.3, -0.25) is 14.5 Å². The van der Waals surface area contributed by atoms with Crippen molar-refractivity contribution in [3.8, 4) is 5.75 Å². The summed E-state index contributed by atoms with van der Waals surface area (Å²) in [5.74, 6) is -0.384. The van der Waals surface area contributed by atoms with Crippen molar-refractivity contribution in [2.24, 2.45) is 0 Å². The Balaban J connectivity index is 2.11. The molecule has 0 unspecified atom stereocenters. The number of anilines is 1. The van der Waals surface area contributed by atoms with E-state index in [1.807, 2.05) is 6.07 Å². The summed E-state index contributed by atoms with van der Waals surface area (Å²) in [7, 11) is 3.03. The first kappa shape index (κ1) is 20.2. The molecule has 3 rings (SSSR count). The number of para-hydroxylation sites is 2. The highest BCUT2D eigenvalue weighted by molar-refractivity contribution is 6.41. The quantitative estimate of drug-likeness (QED) is 0.689. The largest absolute Gasteiger partial charge is 0.495 e. The van der Waals surface area contributed by atoms with Crippen molar-refractivity contribution < 1.29 is 19.1 Å². The van der Waals surface area contributed by atoms with E-state index < -0.39 is 11.8 Å². The molecule has 1 aliphatic rings. The fourth-order valence-corrected chi connectivity index (χ4v) is 3.41. The van der Waals surface area contributed by atoms with Crippen molar-refractivity contribution in [2.45, 2.75) is 0 Å². The second-order valence-corrected chi connectivity index (χ2v) is 6.80. The Morgan fingerprint density at radius 3 is 2.46 bits per heavy atom. The predicted molar refractivity (Wildman–Crippen MR) is 109 cm³/mol. The first-order chi connectivity index (χ1) is 13.5. The number of hydrogen-bond acceptors (Lipinski definition) is 5. The molecule has 0 fully saturated rings. The fourth-order valence-electron chi connectivity index (χ4n) is 2.90. The Hall–Kier alpha value is -2.54. The summed E-state index contributed by atoms with van der Waals surface area (Å²) in [6.07, 6.45) is 0. The number of halogens is 2. The molecular weight excluding hydrogens is 403 g/mol. The highest BCUT2D eigenvalue weighted by atomic mass is 35.5. The summed E-state index contributed by atoms with van der Waals surface area (Å²) in [6.45, 7) is 0.348. The maximum atomic E-state index is 13.0. The second kappa shape index (κ2) is 8.65. The lowest BCUT2D eigenvalue weighted by molar-refractivity contribution is -0.137. The first-order valence-corrected chi connectivity index (χ1v) is 9.18. The minimum absolute atomic E-state index is 0.120. The molecule has 0 saturated carbocycles. The van der Waals surface area contributed by atoms with Crippen molar-refractivity contribution in [3.63, 3.8) is 0 Å². The van der Waals surface area contributed by atoms with Gasteiger partial charge in [-0.05, 0) is 24.3 Å². The van der Waals surface area contributed by atoms with E-state index in [1.165, 1.54) is 20.3 Å². The van der Waals surface area contributed by atoms with Crippen LogP contribution in [0.15, 0.2) is 48.2 Å². The molecule has 2 aromatic rings. The summed E-state index contributed by atoms with van der Waals surface area (Å²) in [6, 6.07) is 11.9. The molecule has 0 aromatic heterocycles. The molecule has 0 spiro atoms. The van der Waals surface area contributed by atoms with E-state index in [0.29, 0.717) is 22.0 Å². The molecule has 0 aliphatic carbocycles. The van der Waals surface area contributed by atoms with E-state index >= 15 is 0 Å². The number of hydrogen-bond donors (Lipinski definition) is 1. The molecule has 0 saturated heterocycles. The third-order valence-corrected chi connectivity index (χ3v) is 4.80. The van der Waals surface area contributed by atoms with Gasteiger partial charge < -0.3 is 14.8 Å². The highest BCUT2D eigenvalue weighted by Gasteiger charge is 2.40. The SMILES string of the molecule is COCCN1C(=O)C(Nc2ccccc2OC)=C(c2ccc(Cl)cc2Cl)C1=O. The first-order valence-electron chi connectivity index (χ1n) is 8.42. The molecule has 0 bridgehead atoms. The zero-order valence-electron chi connectivity index (χ0n) is 15.3. The number of amides is 2. The zero-order valence-corrected chi connectivity index (χ0v) is 16.8. The lowest BCUT2D eigenvalue weighted by Crippen LogP contribution is -2.35. The van der Waals surface area contributed by atoms with Crippen LogP contribution in [0.2, 0.25) is 10.0 Å². The smallest absolute Gasteiger partial charge is 0.278 e. The van der Waals surface area contributed by atoms with Crippen LogP contribution in [0.1, 0.15) is 5.56 Å². The Labute approximate surface area is 172 Å². The summed E-state index contributed by atoms with van der Waals surface area (Å²) in [5.41, 5.74) is 1.27. The minimum atomic E-state index is -0.464. The summed E-state index contributed by atoms with van der Waals surface area (Å²) >= 11 is 12.3. The molecule has 6 nitrogen and oxygen atoms in total. The summed E-state index contributed by atoms with van der Waals surface area (Å²) in [4.78, 5) is 27.2. The molecular formula is C20H18Cl2N2O4. The number of imide groups is 1. The topological polar surface area (TPSA) is 67.9 Å². The van der Waals surface area contributed by atoms with E-state index in [2.05, 4.69) is 5.32 Å². The molecule has 1 aliphatic heterocycles. The number of carbonyl (C=O) groups excluding carboxylic acids is 2. The second-order valence-electron chi connectivity index (χ2n) is 5.95. The molecule has 1 heterocycles. The van der Waals surface area contributed by atoms with Crippen LogP contribution in [0, 0.1) is 0 Å². The molecule has 146 valence electrons. The maximum Gasteiger partial charge on any atom is 0.278 e. The van der Waals surface area contributed by atoms with Crippen LogP contribution in [-0.2, 0) is 14.3 Å². The van der Waals surface area contributed by atoms with Gasteiger partial charge in [-0.25, -0.2) is 0 Å². The number of rotatable bonds is 7. The molecule has 0 atom stereocenters. The van der Waals surface area contributed by atoms with Crippen LogP contribution in [0.4, 0.5) is 5.69 Å². The van der Waals surface area contributed by atoms with E-state index in [9.17, 15) is 9.59 Å². The minimum Gasteiger partial charge on any atom is -0.495 e. The van der Waals surface area contributed by atoms with Crippen molar-refractivity contribution in [1.82, 2.24) is 4.90 Å². The lowest BCUT2D eigenvalue weighted by atomic mass is 10.0. The van der Waals surface area contributed by atoms with Crippen molar-refractivity contribution in [1.29, 1.82) is 0 Å². The molecule has 28 heavy (non-hydrogen) atoms. The van der Waals surface area contributed by atoms with E-state index in [0.717, 1.165) is 4.90 Å². The Bertz CT molecular complexity index is 959. The zero-order chi connectivity index (χ0) is 20.3. The Morgan fingerprint density at radius 1 is 1.04 bits per heavy atom. The maximum absolute atomic E-state index is 13.0. The third-order valence-electron chi connectivity index (χ3n) is 4.25. The van der Waals surface area contributed by atoms with Gasteiger partial charge in [-0.15, -0.1) is 0 Å². The summed E-state index contributed by atoms with van der Waals surface area (Å²) < 4.78 is 10.4. The van der Waals surface area contributed by atoms with Crippen molar-refractivity contribution >= 4 is 46.3 Å². The van der Waals surface area contributed by atoms with Gasteiger partial charge in [0.15, 0.2) is 0 Å². The molecule has 2 aromatic carbocycles. The van der Waals surface area contributed by atoms with Crippen molar-refractivity contribution in [2.75, 3.05) is 32.7 Å². The van der Waals surface area contributed by atoms with Gasteiger partial charge >= 0.3 is 0 Å². The number of benzene rings is 2. The van der Waals surface area contributed by atoms with E-state index in [4.69, 9.17) is 32.7 Å². The lowest BCUT2D eigenvalue weighted by Gasteiger charge is -2.15. The van der Waals surface area contributed by atoms with Gasteiger partial charge in [0.1, 0.15) is 11.4 Å².